The second kappa shape index (κ2) is 7.66. The van der Waals surface area contributed by atoms with Crippen LogP contribution in [-0.4, -0.2) is 0 Å². The Morgan fingerprint density at radius 3 is 2.36 bits per heavy atom. The minimum atomic E-state index is 0.978. The van der Waals surface area contributed by atoms with Gasteiger partial charge >= 0.3 is 0 Å². The molecule has 1 radical (unpaired) electrons. The lowest BCUT2D eigenvalue weighted by atomic mass is 10.1. The quantitative estimate of drug-likeness (QED) is 0.425. The van der Waals surface area contributed by atoms with Gasteiger partial charge < -0.3 is 0 Å². The smallest absolute Gasteiger partial charge is 0.0145 e. The highest BCUT2D eigenvalue weighted by Gasteiger charge is 1.86. The number of rotatable bonds is 4. The highest BCUT2D eigenvalue weighted by Crippen LogP contribution is 2.00. The number of unbranched alkanes of at least 4 members (excludes halogenated alkanes) is 3. The lowest BCUT2D eigenvalue weighted by Crippen LogP contribution is -1.78. The molecule has 0 spiro atoms. The van der Waals surface area contributed by atoms with Crippen LogP contribution in [0.25, 0.3) is 0 Å². The van der Waals surface area contributed by atoms with Gasteiger partial charge in [0.15, 0.2) is 0 Å². The molecule has 0 aromatic heterocycles. The van der Waals surface area contributed by atoms with Crippen molar-refractivity contribution in [2.75, 3.05) is 0 Å². The molecule has 0 aliphatic heterocycles. The van der Waals surface area contributed by atoms with Gasteiger partial charge in [0.1, 0.15) is 0 Å². The highest BCUT2D eigenvalue weighted by atomic mass is 13.9. The Labute approximate surface area is 71.4 Å². The van der Waals surface area contributed by atoms with E-state index in [2.05, 4.69) is 32.6 Å². The largest absolute Gasteiger partial charge is 0.103 e. The van der Waals surface area contributed by atoms with Crippen molar-refractivity contribution < 1.29 is 0 Å². The van der Waals surface area contributed by atoms with Crippen LogP contribution in [0.3, 0.4) is 0 Å². The topological polar surface area (TPSA) is 0 Å². The van der Waals surface area contributed by atoms with Crippen molar-refractivity contribution >= 4 is 0 Å². The molecule has 0 aromatic carbocycles. The van der Waals surface area contributed by atoms with Crippen LogP contribution >= 0.6 is 0 Å². The van der Waals surface area contributed by atoms with Crippen LogP contribution in [0.15, 0.2) is 0 Å². The molecule has 0 rings (SSSR count). The van der Waals surface area contributed by atoms with E-state index in [9.17, 15) is 0 Å². The Kier molecular flexibility index (Phi) is 7.36. The van der Waals surface area contributed by atoms with Gasteiger partial charge in [0, 0.05) is 12.8 Å². The third kappa shape index (κ3) is 9.56. The maximum atomic E-state index is 3.18. The number of hydrogen-bond acceptors (Lipinski definition) is 0. The molecule has 0 atom stereocenters. The maximum absolute atomic E-state index is 3.18. The lowest BCUT2D eigenvalue weighted by Gasteiger charge is -1.92. The van der Waals surface area contributed by atoms with E-state index in [1.54, 1.807) is 0 Å². The average molecular weight is 151 g/mol. The molecule has 0 aliphatic carbocycles. The second-order valence-electron chi connectivity index (χ2n) is 3.19. The summed E-state index contributed by atoms with van der Waals surface area (Å²) < 4.78 is 0. The molecule has 0 saturated heterocycles. The molecule has 63 valence electrons. The normalized spacial score (nSPS) is 9.45. The van der Waals surface area contributed by atoms with Crippen molar-refractivity contribution in [1.29, 1.82) is 0 Å². The highest BCUT2D eigenvalue weighted by molar-refractivity contribution is 5.04. The average Bonchev–Trinajstić information content (AvgIpc) is 1.96. The van der Waals surface area contributed by atoms with Gasteiger partial charge in [0.2, 0.25) is 0 Å². The fourth-order valence-electron chi connectivity index (χ4n) is 0.791. The zero-order chi connectivity index (χ0) is 8.53. The monoisotopic (exact) mass is 151 g/mol. The van der Waals surface area contributed by atoms with Gasteiger partial charge in [-0.1, -0.05) is 33.6 Å². The molecule has 0 bridgehead atoms. The molecule has 0 aliphatic rings. The molecule has 0 aromatic rings. The van der Waals surface area contributed by atoms with Crippen LogP contribution in [0.4, 0.5) is 0 Å². The van der Waals surface area contributed by atoms with Gasteiger partial charge in [-0.3, -0.25) is 0 Å². The van der Waals surface area contributed by atoms with Gasteiger partial charge in [0.25, 0.3) is 0 Å². The van der Waals surface area contributed by atoms with Crippen LogP contribution in [0, 0.1) is 17.8 Å². The predicted octanol–water partition coefficient (Wildman–Crippen LogP) is 3.57. The number of hydrogen-bond donors (Lipinski definition) is 0. The standard InChI is InChI=1S/C11H19/c1-4-5-6-7-8-9-10-11(2)3/h4-7,10H2,1-3H3. The summed E-state index contributed by atoms with van der Waals surface area (Å²) in [6.45, 7) is 6.47. The lowest BCUT2D eigenvalue weighted by molar-refractivity contribution is 0.737. The van der Waals surface area contributed by atoms with E-state index >= 15 is 0 Å². The van der Waals surface area contributed by atoms with E-state index in [0.717, 1.165) is 12.8 Å². The van der Waals surface area contributed by atoms with Gasteiger partial charge in [-0.15, -0.1) is 11.8 Å². The molecule has 0 unspecified atom stereocenters. The molecular formula is C11H19. The summed E-state index contributed by atoms with van der Waals surface area (Å²) in [4.78, 5) is 0. The Morgan fingerprint density at radius 1 is 1.09 bits per heavy atom. The Balaban J connectivity index is 3.12. The summed E-state index contributed by atoms with van der Waals surface area (Å²) in [7, 11) is 0. The van der Waals surface area contributed by atoms with E-state index in [4.69, 9.17) is 0 Å². The fraction of sp³-hybridized carbons (Fsp3) is 0.727. The van der Waals surface area contributed by atoms with Crippen molar-refractivity contribution in [2.24, 2.45) is 0 Å². The maximum Gasteiger partial charge on any atom is 0.0145 e. The van der Waals surface area contributed by atoms with Crippen LogP contribution in [0.2, 0.25) is 0 Å². The van der Waals surface area contributed by atoms with Crippen molar-refractivity contribution in [3.8, 4) is 11.8 Å². The molecular weight excluding hydrogens is 132 g/mol. The summed E-state index contributed by atoms with van der Waals surface area (Å²) in [6, 6.07) is 0. The fourth-order valence-corrected chi connectivity index (χ4v) is 0.791. The van der Waals surface area contributed by atoms with Crippen molar-refractivity contribution in [2.45, 2.75) is 52.9 Å². The zero-order valence-corrected chi connectivity index (χ0v) is 8.04. The summed E-state index contributed by atoms with van der Waals surface area (Å²) >= 11 is 0. The molecule has 0 nitrogen and oxygen atoms in total. The van der Waals surface area contributed by atoms with E-state index in [-0.39, 0.29) is 0 Å². The van der Waals surface area contributed by atoms with E-state index < -0.39 is 0 Å². The van der Waals surface area contributed by atoms with Gasteiger partial charge in [0.05, 0.1) is 0 Å². The summed E-state index contributed by atoms with van der Waals surface area (Å²) in [6.07, 6.45) is 5.95. The predicted molar refractivity (Wildman–Crippen MR) is 51.1 cm³/mol. The Bertz CT molecular complexity index is 123. The third-order valence-electron chi connectivity index (χ3n) is 1.47. The van der Waals surface area contributed by atoms with Crippen molar-refractivity contribution in [1.82, 2.24) is 0 Å². The first-order chi connectivity index (χ1) is 5.27. The minimum Gasteiger partial charge on any atom is -0.103 e. The molecule has 0 amide bonds. The SMILES string of the molecule is CCCCCC#CC[C](C)C. The molecule has 11 heavy (non-hydrogen) atoms. The molecule has 0 saturated carbocycles. The van der Waals surface area contributed by atoms with Crippen LogP contribution in [0.5, 0.6) is 0 Å². The molecule has 0 heteroatoms. The van der Waals surface area contributed by atoms with E-state index in [1.165, 1.54) is 25.2 Å². The van der Waals surface area contributed by atoms with E-state index in [0.29, 0.717) is 0 Å². The summed E-state index contributed by atoms with van der Waals surface area (Å²) in [5.74, 6) is 7.75. The van der Waals surface area contributed by atoms with Crippen molar-refractivity contribution in [3.63, 3.8) is 0 Å². The third-order valence-corrected chi connectivity index (χ3v) is 1.47. The second-order valence-corrected chi connectivity index (χ2v) is 3.19. The molecule has 0 heterocycles. The first-order valence-corrected chi connectivity index (χ1v) is 4.52. The van der Waals surface area contributed by atoms with Crippen molar-refractivity contribution in [3.05, 3.63) is 5.92 Å². The zero-order valence-electron chi connectivity index (χ0n) is 8.04. The Morgan fingerprint density at radius 2 is 1.82 bits per heavy atom. The first kappa shape index (κ1) is 10.6. The summed E-state index contributed by atoms with van der Waals surface area (Å²) in [5.41, 5.74) is 0. The first-order valence-electron chi connectivity index (χ1n) is 4.52. The molecule has 0 fully saturated rings. The van der Waals surface area contributed by atoms with Gasteiger partial charge in [-0.2, -0.15) is 0 Å². The van der Waals surface area contributed by atoms with E-state index in [1.807, 2.05) is 0 Å². The molecule has 0 N–H and O–H groups in total. The van der Waals surface area contributed by atoms with Gasteiger partial charge in [-0.25, -0.2) is 0 Å². The Hall–Kier alpha value is -0.440. The van der Waals surface area contributed by atoms with Crippen LogP contribution in [0.1, 0.15) is 52.9 Å². The minimum absolute atomic E-state index is 0.978. The summed E-state index contributed by atoms with van der Waals surface area (Å²) in [5, 5.41) is 0. The van der Waals surface area contributed by atoms with Crippen LogP contribution in [-0.2, 0) is 0 Å². The van der Waals surface area contributed by atoms with Crippen LogP contribution < -0.4 is 0 Å². The van der Waals surface area contributed by atoms with Gasteiger partial charge in [-0.05, 0) is 12.3 Å².